The van der Waals surface area contributed by atoms with E-state index in [1.165, 1.54) is 30.2 Å². The summed E-state index contributed by atoms with van der Waals surface area (Å²) in [6.07, 6.45) is 1.27. The Morgan fingerprint density at radius 3 is 2.36 bits per heavy atom. The van der Waals surface area contributed by atoms with Crippen LogP contribution in [0.25, 0.3) is 0 Å². The number of phenolic OH excluding ortho intramolecular Hbond substituents is 1. The van der Waals surface area contributed by atoms with Gasteiger partial charge in [-0.2, -0.15) is 0 Å². The number of aryl methyl sites for hydroxylation is 1. The molecule has 0 radical (unpaired) electrons. The average Bonchev–Trinajstić information content (AvgIpc) is 2.80. The minimum Gasteiger partial charge on any atom is -0.508 e. The molecule has 0 spiro atoms. The molecule has 3 atom stereocenters. The largest absolute Gasteiger partial charge is 0.508 e. The van der Waals surface area contributed by atoms with Crippen molar-refractivity contribution in [2.24, 2.45) is 5.92 Å². The predicted octanol–water partition coefficient (Wildman–Crippen LogP) is 2.98. The summed E-state index contributed by atoms with van der Waals surface area (Å²) in [7, 11) is 1.20. The molecule has 3 amide bonds. The molecule has 3 unspecified atom stereocenters. The summed E-state index contributed by atoms with van der Waals surface area (Å²) in [4.78, 5) is 52.7. The molecule has 1 aromatic rings. The maximum atomic E-state index is 13.9. The number of methoxy groups -OCH3 is 1. The van der Waals surface area contributed by atoms with Crippen LogP contribution in [-0.2, 0) is 23.9 Å². The van der Waals surface area contributed by atoms with E-state index in [0.29, 0.717) is 17.5 Å². The van der Waals surface area contributed by atoms with Crippen molar-refractivity contribution in [1.29, 1.82) is 0 Å². The van der Waals surface area contributed by atoms with Crippen molar-refractivity contribution in [1.82, 2.24) is 15.5 Å². The fourth-order valence-corrected chi connectivity index (χ4v) is 3.41. The zero-order valence-corrected chi connectivity index (χ0v) is 22.2. The average molecular weight is 506 g/mol. The lowest BCUT2D eigenvalue weighted by Crippen LogP contribution is -2.55. The Kier molecular flexibility index (Phi) is 11.4. The molecule has 36 heavy (non-hydrogen) atoms. The van der Waals surface area contributed by atoms with E-state index in [2.05, 4.69) is 21.9 Å². The van der Waals surface area contributed by atoms with Gasteiger partial charge in [-0.3, -0.25) is 14.4 Å². The standard InChI is InChI=1S/C26H39N3O7/c1-9-13-29(24(33)21(16(3)10-2)28-25(34)36-26(5,6)7)22(23(32)27-15-20(31)35-8)18-11-12-19(30)17(4)14-18/h9,11-12,14,16,21-22,30H,1,10,13,15H2,2-8H3,(H,27,32)(H,28,34). The summed E-state index contributed by atoms with van der Waals surface area (Å²) >= 11 is 0. The zero-order chi connectivity index (χ0) is 27.6. The van der Waals surface area contributed by atoms with Gasteiger partial charge in [0, 0.05) is 6.54 Å². The van der Waals surface area contributed by atoms with Gasteiger partial charge in [-0.05, 0) is 56.9 Å². The number of aromatic hydroxyl groups is 1. The van der Waals surface area contributed by atoms with E-state index in [1.54, 1.807) is 33.8 Å². The van der Waals surface area contributed by atoms with E-state index >= 15 is 0 Å². The number of phenols is 1. The van der Waals surface area contributed by atoms with Crippen molar-refractivity contribution in [2.45, 2.75) is 65.6 Å². The van der Waals surface area contributed by atoms with Crippen molar-refractivity contribution in [2.75, 3.05) is 20.2 Å². The van der Waals surface area contributed by atoms with E-state index in [0.717, 1.165) is 0 Å². The van der Waals surface area contributed by atoms with E-state index in [4.69, 9.17) is 4.74 Å². The van der Waals surface area contributed by atoms with Crippen molar-refractivity contribution < 1.29 is 33.8 Å². The molecule has 0 aliphatic rings. The molecule has 1 aromatic carbocycles. The van der Waals surface area contributed by atoms with Crippen molar-refractivity contribution in [3.05, 3.63) is 42.0 Å². The predicted molar refractivity (Wildman–Crippen MR) is 135 cm³/mol. The summed E-state index contributed by atoms with van der Waals surface area (Å²) in [5.41, 5.74) is 0.131. The first-order chi connectivity index (χ1) is 16.7. The highest BCUT2D eigenvalue weighted by atomic mass is 16.6. The van der Waals surface area contributed by atoms with Crippen molar-refractivity contribution in [3.63, 3.8) is 0 Å². The molecular weight excluding hydrogens is 466 g/mol. The molecule has 0 saturated carbocycles. The lowest BCUT2D eigenvalue weighted by atomic mass is 9.95. The van der Waals surface area contributed by atoms with Gasteiger partial charge in [0.15, 0.2) is 0 Å². The van der Waals surface area contributed by atoms with Gasteiger partial charge < -0.3 is 30.1 Å². The molecule has 0 saturated heterocycles. The number of amides is 3. The van der Waals surface area contributed by atoms with E-state index in [-0.39, 0.29) is 18.2 Å². The number of hydrogen-bond donors (Lipinski definition) is 3. The molecule has 1 rings (SSSR count). The van der Waals surface area contributed by atoms with Crippen LogP contribution < -0.4 is 10.6 Å². The van der Waals surface area contributed by atoms with Gasteiger partial charge in [0.2, 0.25) is 11.8 Å². The Hall–Kier alpha value is -3.56. The summed E-state index contributed by atoms with van der Waals surface area (Å²) in [6.45, 7) is 13.8. The molecular formula is C26H39N3O7. The molecule has 10 heteroatoms. The second-order valence-electron chi connectivity index (χ2n) is 9.53. The normalized spacial score (nSPS) is 13.5. The Morgan fingerprint density at radius 2 is 1.86 bits per heavy atom. The van der Waals surface area contributed by atoms with Gasteiger partial charge in [0.05, 0.1) is 7.11 Å². The number of benzene rings is 1. The number of ether oxygens (including phenoxy) is 2. The molecule has 0 fully saturated rings. The van der Waals surface area contributed by atoms with Crippen molar-refractivity contribution in [3.8, 4) is 5.75 Å². The molecule has 0 aliphatic carbocycles. The van der Waals surface area contributed by atoms with Crippen LogP contribution in [0.15, 0.2) is 30.9 Å². The molecule has 0 aromatic heterocycles. The molecule has 0 bridgehead atoms. The third-order valence-electron chi connectivity index (χ3n) is 5.49. The van der Waals surface area contributed by atoms with Crippen LogP contribution in [0, 0.1) is 12.8 Å². The van der Waals surface area contributed by atoms with Crippen LogP contribution in [0.1, 0.15) is 58.2 Å². The Balaban J connectivity index is 3.50. The summed E-state index contributed by atoms with van der Waals surface area (Å²) in [5.74, 6) is -2.09. The van der Waals surface area contributed by atoms with Crippen LogP contribution in [-0.4, -0.2) is 65.7 Å². The van der Waals surface area contributed by atoms with Crippen LogP contribution in [0.5, 0.6) is 5.75 Å². The number of hydrogen-bond acceptors (Lipinski definition) is 7. The monoisotopic (exact) mass is 505 g/mol. The number of rotatable bonds is 11. The molecule has 0 heterocycles. The Bertz CT molecular complexity index is 955. The number of nitrogens with one attached hydrogen (secondary N) is 2. The highest BCUT2D eigenvalue weighted by Gasteiger charge is 2.38. The first kappa shape index (κ1) is 30.5. The second kappa shape index (κ2) is 13.5. The first-order valence-corrected chi connectivity index (χ1v) is 11.8. The van der Waals surface area contributed by atoms with Crippen LogP contribution in [0.4, 0.5) is 4.79 Å². The minimum atomic E-state index is -1.19. The Morgan fingerprint density at radius 1 is 1.22 bits per heavy atom. The topological polar surface area (TPSA) is 134 Å². The number of nitrogens with zero attached hydrogens (tertiary/aromatic N) is 1. The molecule has 200 valence electrons. The third kappa shape index (κ3) is 8.90. The Labute approximate surface area is 213 Å². The quantitative estimate of drug-likeness (QED) is 0.311. The fourth-order valence-electron chi connectivity index (χ4n) is 3.41. The van der Waals surface area contributed by atoms with Crippen LogP contribution in [0.2, 0.25) is 0 Å². The second-order valence-corrected chi connectivity index (χ2v) is 9.53. The molecule has 0 aliphatic heterocycles. The third-order valence-corrected chi connectivity index (χ3v) is 5.49. The minimum absolute atomic E-state index is 0.0261. The van der Waals surface area contributed by atoms with Crippen molar-refractivity contribution >= 4 is 23.9 Å². The summed E-state index contributed by atoms with van der Waals surface area (Å²) in [6, 6.07) is 2.34. The molecule has 3 N–H and O–H groups in total. The van der Waals surface area contributed by atoms with Crippen LogP contribution in [0.3, 0.4) is 0 Å². The smallest absolute Gasteiger partial charge is 0.408 e. The van der Waals surface area contributed by atoms with E-state index < -0.39 is 48.1 Å². The van der Waals surface area contributed by atoms with Gasteiger partial charge in [0.1, 0.15) is 30.0 Å². The number of carbonyl (C=O) groups excluding carboxylic acids is 4. The van der Waals surface area contributed by atoms with Gasteiger partial charge in [-0.15, -0.1) is 6.58 Å². The zero-order valence-electron chi connectivity index (χ0n) is 22.2. The van der Waals surface area contributed by atoms with Gasteiger partial charge in [-0.25, -0.2) is 4.79 Å². The van der Waals surface area contributed by atoms with Gasteiger partial charge >= 0.3 is 12.1 Å². The van der Waals surface area contributed by atoms with Crippen LogP contribution >= 0.6 is 0 Å². The number of carbonyl (C=O) groups is 4. The SMILES string of the molecule is C=CCN(C(=O)C(NC(=O)OC(C)(C)C)C(C)CC)C(C(=O)NCC(=O)OC)c1ccc(O)c(C)c1. The summed E-state index contributed by atoms with van der Waals surface area (Å²) < 4.78 is 9.95. The van der Waals surface area contributed by atoms with Gasteiger partial charge in [0.25, 0.3) is 0 Å². The highest BCUT2D eigenvalue weighted by Crippen LogP contribution is 2.28. The highest BCUT2D eigenvalue weighted by molar-refractivity contribution is 5.93. The van der Waals surface area contributed by atoms with E-state index in [1.807, 2.05) is 13.8 Å². The maximum absolute atomic E-state index is 13.9. The fraction of sp³-hybridized carbons (Fsp3) is 0.538. The molecule has 10 nitrogen and oxygen atoms in total. The number of alkyl carbamates (subject to hydrolysis) is 1. The van der Waals surface area contributed by atoms with E-state index in [9.17, 15) is 24.3 Å². The number of esters is 1. The van der Waals surface area contributed by atoms with Gasteiger partial charge in [-0.1, -0.05) is 32.4 Å². The summed E-state index contributed by atoms with van der Waals surface area (Å²) in [5, 5.41) is 15.1. The first-order valence-electron chi connectivity index (χ1n) is 11.8. The maximum Gasteiger partial charge on any atom is 0.408 e. The lowest BCUT2D eigenvalue weighted by Gasteiger charge is -2.35. The lowest BCUT2D eigenvalue weighted by molar-refractivity contribution is -0.144.